The van der Waals surface area contributed by atoms with Crippen LogP contribution in [0.1, 0.15) is 26.3 Å². The summed E-state index contributed by atoms with van der Waals surface area (Å²) < 4.78 is 5.40. The number of nitrogens with zero attached hydrogens (tertiary/aromatic N) is 1. The molecule has 0 bridgehead atoms. The van der Waals surface area contributed by atoms with Crippen molar-refractivity contribution in [3.63, 3.8) is 0 Å². The highest BCUT2D eigenvalue weighted by Gasteiger charge is 2.22. The molecule has 1 atom stereocenters. The first kappa shape index (κ1) is 18.8. The number of hydrogen-bond acceptors (Lipinski definition) is 4. The van der Waals surface area contributed by atoms with Crippen molar-refractivity contribution in [1.29, 1.82) is 0 Å². The third-order valence-electron chi connectivity index (χ3n) is 4.56. The van der Waals surface area contributed by atoms with Crippen molar-refractivity contribution in [2.45, 2.75) is 33.2 Å². The first-order valence-electron chi connectivity index (χ1n) is 9.19. The number of ether oxygens (including phenoxy) is 1. The van der Waals surface area contributed by atoms with Gasteiger partial charge in [0.25, 0.3) is 0 Å². The van der Waals surface area contributed by atoms with E-state index in [2.05, 4.69) is 10.6 Å². The van der Waals surface area contributed by atoms with Gasteiger partial charge in [-0.2, -0.15) is 0 Å². The summed E-state index contributed by atoms with van der Waals surface area (Å²) in [4.78, 5) is 25.9. The summed E-state index contributed by atoms with van der Waals surface area (Å²) in [5.41, 5.74) is 3.67. The fraction of sp³-hybridized carbons (Fsp3) is 0.333. The normalized spacial score (nSPS) is 13.7. The first-order chi connectivity index (χ1) is 13.0. The highest BCUT2D eigenvalue weighted by molar-refractivity contribution is 5.97. The summed E-state index contributed by atoms with van der Waals surface area (Å²) in [6.45, 7) is 6.65. The Bertz CT molecular complexity index is 833. The molecule has 0 saturated carbocycles. The van der Waals surface area contributed by atoms with Crippen molar-refractivity contribution < 1.29 is 14.3 Å². The van der Waals surface area contributed by atoms with Crippen LogP contribution < -0.4 is 20.3 Å². The highest BCUT2D eigenvalue weighted by Crippen LogP contribution is 2.30. The SMILES string of the molecule is CCOc1ccc(NC(=O)[C@H](C)Nc2ccc3c(c2)CCN3C(C)=O)cc1. The molecule has 142 valence electrons. The fourth-order valence-corrected chi connectivity index (χ4v) is 3.19. The molecule has 6 heteroatoms. The van der Waals surface area contributed by atoms with Crippen LogP contribution in [0.4, 0.5) is 17.1 Å². The van der Waals surface area contributed by atoms with Crippen molar-refractivity contribution in [1.82, 2.24) is 0 Å². The molecule has 2 amide bonds. The highest BCUT2D eigenvalue weighted by atomic mass is 16.5. The molecule has 2 N–H and O–H groups in total. The predicted octanol–water partition coefficient (Wildman–Crippen LogP) is 3.43. The summed E-state index contributed by atoms with van der Waals surface area (Å²) >= 11 is 0. The smallest absolute Gasteiger partial charge is 0.246 e. The predicted molar refractivity (Wildman–Crippen MR) is 107 cm³/mol. The molecule has 6 nitrogen and oxygen atoms in total. The lowest BCUT2D eigenvalue weighted by atomic mass is 10.1. The van der Waals surface area contributed by atoms with Crippen LogP contribution in [0.3, 0.4) is 0 Å². The molecule has 2 aromatic carbocycles. The number of amides is 2. The maximum atomic E-state index is 12.4. The maximum absolute atomic E-state index is 12.4. The third kappa shape index (κ3) is 4.39. The number of hydrogen-bond donors (Lipinski definition) is 2. The Balaban J connectivity index is 1.61. The Morgan fingerprint density at radius 2 is 1.85 bits per heavy atom. The second-order valence-electron chi connectivity index (χ2n) is 6.58. The number of benzene rings is 2. The van der Waals surface area contributed by atoms with Crippen LogP contribution >= 0.6 is 0 Å². The van der Waals surface area contributed by atoms with Crippen molar-refractivity contribution in [2.24, 2.45) is 0 Å². The Morgan fingerprint density at radius 3 is 2.52 bits per heavy atom. The van der Waals surface area contributed by atoms with E-state index in [1.807, 2.05) is 56.3 Å². The van der Waals surface area contributed by atoms with Crippen molar-refractivity contribution in [2.75, 3.05) is 28.7 Å². The standard InChI is InChI=1S/C21H25N3O3/c1-4-27-19-8-5-17(6-9-19)23-21(26)14(2)22-18-7-10-20-16(13-18)11-12-24(20)15(3)25/h5-10,13-14,22H,4,11-12H2,1-3H3,(H,23,26)/t14-/m0/s1. The largest absolute Gasteiger partial charge is 0.494 e. The lowest BCUT2D eigenvalue weighted by Crippen LogP contribution is -2.31. The number of anilines is 3. The van der Waals surface area contributed by atoms with E-state index in [1.54, 1.807) is 11.8 Å². The molecule has 0 unspecified atom stereocenters. The van der Waals surface area contributed by atoms with E-state index in [1.165, 1.54) is 0 Å². The number of carbonyl (C=O) groups is 2. The van der Waals surface area contributed by atoms with Crippen molar-refractivity contribution in [3.05, 3.63) is 48.0 Å². The summed E-state index contributed by atoms with van der Waals surface area (Å²) in [6, 6.07) is 12.8. The Labute approximate surface area is 159 Å². The molecular formula is C21H25N3O3. The zero-order valence-electron chi connectivity index (χ0n) is 15.9. The lowest BCUT2D eigenvalue weighted by Gasteiger charge is -2.18. The van der Waals surface area contributed by atoms with Crippen LogP contribution in [0.2, 0.25) is 0 Å². The molecule has 1 aliphatic rings. The van der Waals surface area contributed by atoms with Gasteiger partial charge in [0, 0.05) is 30.5 Å². The van der Waals surface area contributed by atoms with Gasteiger partial charge in [-0.25, -0.2) is 0 Å². The molecule has 0 spiro atoms. The summed E-state index contributed by atoms with van der Waals surface area (Å²) in [5, 5.41) is 6.12. The molecule has 0 fully saturated rings. The topological polar surface area (TPSA) is 70.7 Å². The summed E-state index contributed by atoms with van der Waals surface area (Å²) in [5.74, 6) is 0.710. The van der Waals surface area contributed by atoms with Gasteiger partial charge >= 0.3 is 0 Å². The zero-order chi connectivity index (χ0) is 19.4. The number of carbonyl (C=O) groups excluding carboxylic acids is 2. The molecule has 27 heavy (non-hydrogen) atoms. The molecule has 3 rings (SSSR count). The van der Waals surface area contributed by atoms with Gasteiger partial charge in [0.15, 0.2) is 0 Å². The van der Waals surface area contributed by atoms with E-state index in [9.17, 15) is 9.59 Å². The minimum Gasteiger partial charge on any atom is -0.494 e. The molecule has 2 aromatic rings. The Morgan fingerprint density at radius 1 is 1.15 bits per heavy atom. The third-order valence-corrected chi connectivity index (χ3v) is 4.56. The minimum atomic E-state index is -0.403. The van der Waals surface area contributed by atoms with Gasteiger partial charge in [-0.1, -0.05) is 0 Å². The number of rotatable bonds is 6. The van der Waals surface area contributed by atoms with Gasteiger partial charge < -0.3 is 20.3 Å². The second-order valence-corrected chi connectivity index (χ2v) is 6.58. The monoisotopic (exact) mass is 367 g/mol. The van der Waals surface area contributed by atoms with Gasteiger partial charge in [-0.15, -0.1) is 0 Å². The van der Waals surface area contributed by atoms with Crippen LogP contribution in [0.25, 0.3) is 0 Å². The van der Waals surface area contributed by atoms with E-state index >= 15 is 0 Å². The first-order valence-corrected chi connectivity index (χ1v) is 9.19. The second kappa shape index (κ2) is 8.12. The molecule has 1 heterocycles. The van der Waals surface area contributed by atoms with Gasteiger partial charge in [-0.3, -0.25) is 9.59 Å². The quantitative estimate of drug-likeness (QED) is 0.821. The lowest BCUT2D eigenvalue weighted by molar-refractivity contribution is -0.117. The van der Waals surface area contributed by atoms with Gasteiger partial charge in [0.1, 0.15) is 11.8 Å². The van der Waals surface area contributed by atoms with Crippen LogP contribution in [0, 0.1) is 0 Å². The Hall–Kier alpha value is -3.02. The molecule has 0 saturated heterocycles. The van der Waals surface area contributed by atoms with Crippen molar-refractivity contribution >= 4 is 28.9 Å². The van der Waals surface area contributed by atoms with E-state index in [0.29, 0.717) is 13.2 Å². The van der Waals surface area contributed by atoms with Crippen LogP contribution in [0.15, 0.2) is 42.5 Å². The molecule has 0 radical (unpaired) electrons. The van der Waals surface area contributed by atoms with Gasteiger partial charge in [0.05, 0.1) is 6.61 Å². The molecule has 1 aliphatic heterocycles. The number of fused-ring (bicyclic) bond motifs is 1. The zero-order valence-corrected chi connectivity index (χ0v) is 15.9. The van der Waals surface area contributed by atoms with E-state index in [4.69, 9.17) is 4.74 Å². The van der Waals surface area contributed by atoms with Crippen LogP contribution in [-0.4, -0.2) is 31.0 Å². The molecule has 0 aliphatic carbocycles. The van der Waals surface area contributed by atoms with Crippen LogP contribution in [-0.2, 0) is 16.0 Å². The maximum Gasteiger partial charge on any atom is 0.246 e. The fourth-order valence-electron chi connectivity index (χ4n) is 3.19. The average molecular weight is 367 g/mol. The summed E-state index contributed by atoms with van der Waals surface area (Å²) in [6.07, 6.45) is 0.831. The Kier molecular flexibility index (Phi) is 5.64. The average Bonchev–Trinajstić information content (AvgIpc) is 3.07. The molecular weight excluding hydrogens is 342 g/mol. The van der Waals surface area contributed by atoms with E-state index < -0.39 is 6.04 Å². The molecule has 0 aromatic heterocycles. The van der Waals surface area contributed by atoms with E-state index in [-0.39, 0.29) is 11.8 Å². The van der Waals surface area contributed by atoms with Crippen LogP contribution in [0.5, 0.6) is 5.75 Å². The number of nitrogens with one attached hydrogen (secondary N) is 2. The van der Waals surface area contributed by atoms with Gasteiger partial charge in [0.2, 0.25) is 11.8 Å². The van der Waals surface area contributed by atoms with E-state index in [0.717, 1.165) is 34.8 Å². The van der Waals surface area contributed by atoms with Crippen molar-refractivity contribution in [3.8, 4) is 5.75 Å². The summed E-state index contributed by atoms with van der Waals surface area (Å²) in [7, 11) is 0. The minimum absolute atomic E-state index is 0.0533. The van der Waals surface area contributed by atoms with Gasteiger partial charge in [-0.05, 0) is 68.3 Å².